The lowest BCUT2D eigenvalue weighted by Gasteiger charge is -2.36. The van der Waals surface area contributed by atoms with Crippen molar-refractivity contribution in [2.24, 2.45) is 5.92 Å². The molecule has 1 N–H and O–H groups in total. The van der Waals surface area contributed by atoms with Gasteiger partial charge in [0.25, 0.3) is 5.91 Å². The molecule has 2 aromatic rings. The second kappa shape index (κ2) is 14.3. The van der Waals surface area contributed by atoms with Crippen molar-refractivity contribution in [2.45, 2.75) is 82.7 Å². The molecule has 1 aromatic carbocycles. The topological polar surface area (TPSA) is 102 Å². The third-order valence-electron chi connectivity index (χ3n) is 8.32. The highest BCUT2D eigenvalue weighted by molar-refractivity contribution is 6.32. The lowest BCUT2D eigenvalue weighted by Crippen LogP contribution is -2.43. The van der Waals surface area contributed by atoms with Crippen LogP contribution in [0.5, 0.6) is 0 Å². The van der Waals surface area contributed by atoms with Crippen LogP contribution in [-0.4, -0.2) is 54.6 Å². The molecule has 2 aliphatic rings. The van der Waals surface area contributed by atoms with Crippen LogP contribution >= 0.6 is 11.6 Å². The number of carbonyl (C=O) groups is 2. The predicted octanol–water partition coefficient (Wildman–Crippen LogP) is 5.54. The first-order chi connectivity index (χ1) is 19.0. The van der Waals surface area contributed by atoms with Crippen LogP contribution in [-0.2, 0) is 4.79 Å². The Labute approximate surface area is 236 Å². The van der Waals surface area contributed by atoms with E-state index < -0.39 is 0 Å². The summed E-state index contributed by atoms with van der Waals surface area (Å²) in [7, 11) is 2.05. The van der Waals surface area contributed by atoms with Crippen molar-refractivity contribution in [1.29, 1.82) is 5.26 Å². The van der Waals surface area contributed by atoms with E-state index in [1.807, 2.05) is 18.2 Å². The molecule has 208 valence electrons. The lowest BCUT2D eigenvalue weighted by molar-refractivity contribution is -0.107. The number of carbonyl (C=O) groups excluding carboxylic acids is 2. The molecule has 2 heterocycles. The van der Waals surface area contributed by atoms with E-state index in [2.05, 4.69) is 38.4 Å². The maximum absolute atomic E-state index is 12.8. The van der Waals surface area contributed by atoms with E-state index in [0.717, 1.165) is 88.2 Å². The number of halogens is 1. The molecule has 0 radical (unpaired) electrons. The minimum atomic E-state index is -0.169. The molecule has 0 bridgehead atoms. The van der Waals surface area contributed by atoms with Gasteiger partial charge in [0.05, 0.1) is 10.6 Å². The molecule has 1 saturated heterocycles. The summed E-state index contributed by atoms with van der Waals surface area (Å²) < 4.78 is 0. The predicted molar refractivity (Wildman–Crippen MR) is 154 cm³/mol. The van der Waals surface area contributed by atoms with Crippen molar-refractivity contribution in [1.82, 2.24) is 15.5 Å². The number of anilines is 2. The van der Waals surface area contributed by atoms with Crippen LogP contribution in [0.15, 0.2) is 30.3 Å². The number of hydrogen-bond acceptors (Lipinski definition) is 7. The van der Waals surface area contributed by atoms with E-state index in [1.54, 1.807) is 12.1 Å². The quantitative estimate of drug-likeness (QED) is 0.289. The number of nitriles is 1. The Morgan fingerprint density at radius 3 is 2.51 bits per heavy atom. The Kier molecular flexibility index (Phi) is 10.5. The molecule has 0 unspecified atom stereocenters. The third kappa shape index (κ3) is 7.92. The number of benzene rings is 1. The Morgan fingerprint density at radius 2 is 1.87 bits per heavy atom. The van der Waals surface area contributed by atoms with Crippen LogP contribution in [0.25, 0.3) is 0 Å². The highest BCUT2D eigenvalue weighted by Gasteiger charge is 2.26. The van der Waals surface area contributed by atoms with Gasteiger partial charge in [0.2, 0.25) is 0 Å². The number of rotatable bonds is 11. The number of nitrogens with zero attached hydrogens (tertiary/aromatic N) is 5. The summed E-state index contributed by atoms with van der Waals surface area (Å²) in [4.78, 5) is 27.8. The van der Waals surface area contributed by atoms with Gasteiger partial charge < -0.3 is 19.9 Å². The van der Waals surface area contributed by atoms with Crippen LogP contribution < -0.4 is 15.1 Å². The minimum absolute atomic E-state index is 0.116. The maximum atomic E-state index is 12.8. The van der Waals surface area contributed by atoms with Crippen molar-refractivity contribution < 1.29 is 9.59 Å². The SMILES string of the molecule is CN(c1ccc(C#N)c(Cl)c1)C1CCC(NC(=O)c2ccc(N3CCC(CCCCCC=O)CC3)nn2)CC1. The number of nitrogens with one attached hydrogen (secondary N) is 1. The van der Waals surface area contributed by atoms with E-state index in [4.69, 9.17) is 16.9 Å². The van der Waals surface area contributed by atoms with Crippen molar-refractivity contribution in [2.75, 3.05) is 29.9 Å². The third-order valence-corrected chi connectivity index (χ3v) is 8.63. The van der Waals surface area contributed by atoms with Gasteiger partial charge in [-0.2, -0.15) is 5.26 Å². The Morgan fingerprint density at radius 1 is 1.10 bits per heavy atom. The Hall–Kier alpha value is -3.18. The fraction of sp³-hybridized carbons (Fsp3) is 0.567. The molecule has 1 aromatic heterocycles. The standard InChI is InChI=1S/C30H39ClN6O2/c1-36(26-10-7-23(21-32)27(31)20-26)25-11-8-24(9-12-25)33-30(39)28-13-14-29(35-34-28)37-17-15-22(16-18-37)6-4-2-3-5-19-38/h7,10,13-14,19-20,22,24-25H,2-6,8-9,11-12,15-18H2,1H3,(H,33,39). The van der Waals surface area contributed by atoms with E-state index >= 15 is 0 Å². The normalized spacial score (nSPS) is 19.8. The first kappa shape index (κ1) is 28.8. The van der Waals surface area contributed by atoms with Gasteiger partial charge in [-0.25, -0.2) is 0 Å². The van der Waals surface area contributed by atoms with Gasteiger partial charge in [0.15, 0.2) is 11.5 Å². The van der Waals surface area contributed by atoms with Gasteiger partial charge in [-0.15, -0.1) is 10.2 Å². The average Bonchev–Trinajstić information content (AvgIpc) is 2.97. The number of hydrogen-bond donors (Lipinski definition) is 1. The molecule has 8 nitrogen and oxygen atoms in total. The minimum Gasteiger partial charge on any atom is -0.372 e. The van der Waals surface area contributed by atoms with Crippen LogP contribution in [0.4, 0.5) is 11.5 Å². The second-order valence-corrected chi connectivity index (χ2v) is 11.3. The van der Waals surface area contributed by atoms with Gasteiger partial charge in [-0.05, 0) is 81.2 Å². The Bertz CT molecular complexity index is 1140. The zero-order chi connectivity index (χ0) is 27.6. The van der Waals surface area contributed by atoms with E-state index in [-0.39, 0.29) is 11.9 Å². The second-order valence-electron chi connectivity index (χ2n) is 10.9. The zero-order valence-corrected chi connectivity index (χ0v) is 23.6. The smallest absolute Gasteiger partial charge is 0.272 e. The lowest BCUT2D eigenvalue weighted by atomic mass is 9.90. The van der Waals surface area contributed by atoms with Crippen molar-refractivity contribution in [3.63, 3.8) is 0 Å². The van der Waals surface area contributed by atoms with Gasteiger partial charge in [0.1, 0.15) is 12.4 Å². The zero-order valence-electron chi connectivity index (χ0n) is 22.8. The average molecular weight is 551 g/mol. The van der Waals surface area contributed by atoms with Crippen LogP contribution in [0, 0.1) is 17.2 Å². The highest BCUT2D eigenvalue weighted by Crippen LogP contribution is 2.30. The molecule has 1 aliphatic carbocycles. The van der Waals surface area contributed by atoms with E-state index in [0.29, 0.717) is 28.7 Å². The number of unbranched alkanes of at least 4 members (excludes halogenated alkanes) is 3. The summed E-state index contributed by atoms with van der Waals surface area (Å²) in [5, 5.41) is 21.3. The first-order valence-corrected chi connectivity index (χ1v) is 14.6. The molecule has 39 heavy (non-hydrogen) atoms. The molecular formula is C30H39ClN6O2. The molecule has 2 fully saturated rings. The summed E-state index contributed by atoms with van der Waals surface area (Å²) in [6.07, 6.45) is 12.3. The monoisotopic (exact) mass is 550 g/mol. The van der Waals surface area contributed by atoms with Crippen LogP contribution in [0.3, 0.4) is 0 Å². The highest BCUT2D eigenvalue weighted by atomic mass is 35.5. The number of piperidine rings is 1. The summed E-state index contributed by atoms with van der Waals surface area (Å²) in [5.74, 6) is 1.41. The molecule has 1 saturated carbocycles. The molecule has 4 rings (SSSR count). The summed E-state index contributed by atoms with van der Waals surface area (Å²) >= 11 is 6.22. The molecule has 1 aliphatic heterocycles. The largest absolute Gasteiger partial charge is 0.372 e. The van der Waals surface area contributed by atoms with Crippen molar-refractivity contribution in [3.05, 3.63) is 46.6 Å². The van der Waals surface area contributed by atoms with E-state index in [9.17, 15) is 9.59 Å². The van der Waals surface area contributed by atoms with E-state index in [1.165, 1.54) is 12.8 Å². The fourth-order valence-corrected chi connectivity index (χ4v) is 6.01. The summed E-state index contributed by atoms with van der Waals surface area (Å²) in [5.41, 5.74) is 1.84. The fourth-order valence-electron chi connectivity index (χ4n) is 5.79. The van der Waals surface area contributed by atoms with Gasteiger partial charge in [-0.3, -0.25) is 4.79 Å². The van der Waals surface area contributed by atoms with Gasteiger partial charge in [0, 0.05) is 44.3 Å². The van der Waals surface area contributed by atoms with Crippen molar-refractivity contribution >= 4 is 35.3 Å². The molecule has 0 atom stereocenters. The Balaban J connectivity index is 1.19. The number of aldehydes is 1. The molecule has 9 heteroatoms. The van der Waals surface area contributed by atoms with Crippen molar-refractivity contribution in [3.8, 4) is 6.07 Å². The van der Waals surface area contributed by atoms with Crippen LogP contribution in [0.1, 0.15) is 86.7 Å². The summed E-state index contributed by atoms with van der Waals surface area (Å²) in [6.45, 7) is 1.93. The molecule has 1 amide bonds. The molecule has 0 spiro atoms. The maximum Gasteiger partial charge on any atom is 0.272 e. The number of aromatic nitrogens is 2. The van der Waals surface area contributed by atoms with Gasteiger partial charge in [-0.1, -0.05) is 30.9 Å². The van der Waals surface area contributed by atoms with Crippen LogP contribution in [0.2, 0.25) is 5.02 Å². The van der Waals surface area contributed by atoms with Gasteiger partial charge >= 0.3 is 0 Å². The molecular weight excluding hydrogens is 512 g/mol. The first-order valence-electron chi connectivity index (χ1n) is 14.2. The number of amides is 1. The summed E-state index contributed by atoms with van der Waals surface area (Å²) in [6, 6.07) is 11.8.